The average Bonchev–Trinajstić information content (AvgIpc) is 3.13. The molecule has 17 heavy (non-hydrogen) atoms. The van der Waals surface area contributed by atoms with Gasteiger partial charge in [0.2, 0.25) is 0 Å². The van der Waals surface area contributed by atoms with E-state index in [1.807, 2.05) is 0 Å². The molecule has 1 saturated carbocycles. The van der Waals surface area contributed by atoms with E-state index in [2.05, 4.69) is 19.2 Å². The molecule has 1 aliphatic carbocycles. The summed E-state index contributed by atoms with van der Waals surface area (Å²) in [5.41, 5.74) is 0. The van der Waals surface area contributed by atoms with Crippen molar-refractivity contribution in [1.29, 1.82) is 0 Å². The molecule has 1 rings (SSSR count). The van der Waals surface area contributed by atoms with Gasteiger partial charge in [-0.25, -0.2) is 0 Å². The van der Waals surface area contributed by atoms with Crippen LogP contribution in [0.4, 0.5) is 0 Å². The second-order valence-corrected chi connectivity index (χ2v) is 5.87. The van der Waals surface area contributed by atoms with Gasteiger partial charge in [0.05, 0.1) is 0 Å². The van der Waals surface area contributed by atoms with Gasteiger partial charge in [-0.2, -0.15) is 0 Å². The fourth-order valence-electron chi connectivity index (χ4n) is 2.53. The predicted molar refractivity (Wildman–Crippen MR) is 77.4 cm³/mol. The maximum Gasteiger partial charge on any atom is 0.00670 e. The third-order valence-electron chi connectivity index (χ3n) is 3.99. The van der Waals surface area contributed by atoms with Gasteiger partial charge in [0.15, 0.2) is 0 Å². The van der Waals surface area contributed by atoms with Gasteiger partial charge in [-0.05, 0) is 31.7 Å². The van der Waals surface area contributed by atoms with Crippen molar-refractivity contribution >= 4 is 0 Å². The van der Waals surface area contributed by atoms with Crippen molar-refractivity contribution in [3.05, 3.63) is 0 Å². The number of nitrogens with one attached hydrogen (secondary N) is 1. The van der Waals surface area contributed by atoms with E-state index in [0.717, 1.165) is 12.0 Å². The van der Waals surface area contributed by atoms with Gasteiger partial charge in [0.25, 0.3) is 0 Å². The number of rotatable bonds is 12. The van der Waals surface area contributed by atoms with Crippen LogP contribution in [0, 0.1) is 5.92 Å². The van der Waals surface area contributed by atoms with E-state index < -0.39 is 0 Å². The third kappa shape index (κ3) is 8.65. The first-order valence-electron chi connectivity index (χ1n) is 8.10. The van der Waals surface area contributed by atoms with Gasteiger partial charge in [0.1, 0.15) is 0 Å². The molecular formula is C16H33N. The summed E-state index contributed by atoms with van der Waals surface area (Å²) in [6.45, 7) is 5.87. The summed E-state index contributed by atoms with van der Waals surface area (Å²) >= 11 is 0. The molecule has 1 aliphatic rings. The van der Waals surface area contributed by atoms with Crippen LogP contribution in [0.15, 0.2) is 0 Å². The first-order chi connectivity index (χ1) is 8.36. The van der Waals surface area contributed by atoms with Crippen LogP contribution in [0.3, 0.4) is 0 Å². The molecule has 1 nitrogen and oxygen atoms in total. The predicted octanol–water partition coefficient (Wildman–Crippen LogP) is 4.91. The zero-order chi connectivity index (χ0) is 12.3. The average molecular weight is 239 g/mol. The van der Waals surface area contributed by atoms with Crippen LogP contribution in [0.25, 0.3) is 0 Å². The molecule has 0 spiro atoms. The summed E-state index contributed by atoms with van der Waals surface area (Å²) in [5, 5.41) is 3.81. The van der Waals surface area contributed by atoms with E-state index >= 15 is 0 Å². The highest BCUT2D eigenvalue weighted by molar-refractivity contribution is 4.75. The third-order valence-corrected chi connectivity index (χ3v) is 3.99. The highest BCUT2D eigenvalue weighted by Gasteiger charge is 2.20. The van der Waals surface area contributed by atoms with Gasteiger partial charge in [-0.3, -0.25) is 0 Å². The summed E-state index contributed by atoms with van der Waals surface area (Å²) in [6.07, 6.45) is 15.6. The topological polar surface area (TPSA) is 12.0 Å². The molecule has 0 heterocycles. The second-order valence-electron chi connectivity index (χ2n) is 5.87. The Morgan fingerprint density at radius 2 is 1.53 bits per heavy atom. The van der Waals surface area contributed by atoms with Crippen LogP contribution >= 0.6 is 0 Å². The minimum Gasteiger partial charge on any atom is -0.314 e. The fraction of sp³-hybridized carbons (Fsp3) is 1.00. The monoisotopic (exact) mass is 239 g/mol. The molecule has 0 amide bonds. The molecule has 0 bridgehead atoms. The Morgan fingerprint density at radius 3 is 2.00 bits per heavy atom. The molecule has 1 N–H and O–H groups in total. The van der Waals surface area contributed by atoms with Gasteiger partial charge in [-0.15, -0.1) is 0 Å². The van der Waals surface area contributed by atoms with Crippen LogP contribution in [0.2, 0.25) is 0 Å². The molecule has 0 unspecified atom stereocenters. The largest absolute Gasteiger partial charge is 0.314 e. The van der Waals surface area contributed by atoms with Crippen LogP contribution in [-0.4, -0.2) is 12.6 Å². The van der Waals surface area contributed by atoms with Gasteiger partial charge in [-0.1, -0.05) is 65.2 Å². The highest BCUT2D eigenvalue weighted by Crippen LogP contribution is 2.31. The van der Waals surface area contributed by atoms with Crippen molar-refractivity contribution in [1.82, 2.24) is 5.32 Å². The van der Waals surface area contributed by atoms with E-state index in [1.165, 1.54) is 77.2 Å². The van der Waals surface area contributed by atoms with Crippen molar-refractivity contribution in [2.24, 2.45) is 5.92 Å². The van der Waals surface area contributed by atoms with Crippen LogP contribution in [0.5, 0.6) is 0 Å². The molecule has 0 aliphatic heterocycles. The Kier molecular flexibility index (Phi) is 8.78. The standard InChI is InChI=1S/C16H33N/c1-3-5-7-9-16(10-8-6-4-2)17-14-13-15-11-12-15/h15-17H,3-14H2,1-2H3. The molecule has 0 aromatic heterocycles. The first kappa shape index (κ1) is 15.0. The Labute approximate surface area is 109 Å². The Balaban J connectivity index is 2.04. The molecule has 0 aromatic carbocycles. The second kappa shape index (κ2) is 9.94. The lowest BCUT2D eigenvalue weighted by Gasteiger charge is -2.18. The zero-order valence-corrected chi connectivity index (χ0v) is 12.1. The molecule has 0 aromatic rings. The number of unbranched alkanes of at least 4 members (excludes halogenated alkanes) is 4. The molecule has 0 atom stereocenters. The van der Waals surface area contributed by atoms with Crippen molar-refractivity contribution in [3.63, 3.8) is 0 Å². The molecule has 102 valence electrons. The molecule has 0 saturated heterocycles. The van der Waals surface area contributed by atoms with Crippen molar-refractivity contribution in [2.45, 2.75) is 90.5 Å². The van der Waals surface area contributed by atoms with Crippen molar-refractivity contribution in [3.8, 4) is 0 Å². The lowest BCUT2D eigenvalue weighted by Crippen LogP contribution is -2.30. The van der Waals surface area contributed by atoms with Crippen LogP contribution < -0.4 is 5.32 Å². The number of hydrogen-bond acceptors (Lipinski definition) is 1. The highest BCUT2D eigenvalue weighted by atomic mass is 14.9. The zero-order valence-electron chi connectivity index (χ0n) is 12.1. The minimum absolute atomic E-state index is 0.812. The Morgan fingerprint density at radius 1 is 0.941 bits per heavy atom. The van der Waals surface area contributed by atoms with Crippen LogP contribution in [0.1, 0.15) is 84.5 Å². The SMILES string of the molecule is CCCCCC(CCCCC)NCCC1CC1. The summed E-state index contributed by atoms with van der Waals surface area (Å²) in [6, 6.07) is 0.812. The molecule has 0 radical (unpaired) electrons. The van der Waals surface area contributed by atoms with E-state index in [0.29, 0.717) is 0 Å². The van der Waals surface area contributed by atoms with E-state index in [-0.39, 0.29) is 0 Å². The Bertz CT molecular complexity index is 153. The summed E-state index contributed by atoms with van der Waals surface area (Å²) in [5.74, 6) is 1.08. The lowest BCUT2D eigenvalue weighted by atomic mass is 10.0. The van der Waals surface area contributed by atoms with E-state index in [1.54, 1.807) is 0 Å². The summed E-state index contributed by atoms with van der Waals surface area (Å²) in [4.78, 5) is 0. The molecule has 1 heteroatoms. The van der Waals surface area contributed by atoms with Crippen molar-refractivity contribution < 1.29 is 0 Å². The maximum absolute atomic E-state index is 3.81. The van der Waals surface area contributed by atoms with Gasteiger partial charge >= 0.3 is 0 Å². The normalized spacial score (nSPS) is 15.7. The van der Waals surface area contributed by atoms with Gasteiger partial charge in [0, 0.05) is 6.04 Å². The summed E-state index contributed by atoms with van der Waals surface area (Å²) < 4.78 is 0. The first-order valence-corrected chi connectivity index (χ1v) is 8.10. The maximum atomic E-state index is 3.81. The Hall–Kier alpha value is -0.0400. The smallest absolute Gasteiger partial charge is 0.00670 e. The lowest BCUT2D eigenvalue weighted by molar-refractivity contribution is 0.412. The number of hydrogen-bond donors (Lipinski definition) is 1. The minimum atomic E-state index is 0.812. The van der Waals surface area contributed by atoms with Gasteiger partial charge < -0.3 is 5.32 Å². The van der Waals surface area contributed by atoms with E-state index in [4.69, 9.17) is 0 Å². The van der Waals surface area contributed by atoms with Crippen molar-refractivity contribution in [2.75, 3.05) is 6.54 Å². The fourth-order valence-corrected chi connectivity index (χ4v) is 2.53. The molecule has 1 fully saturated rings. The quantitative estimate of drug-likeness (QED) is 0.477. The van der Waals surface area contributed by atoms with E-state index in [9.17, 15) is 0 Å². The van der Waals surface area contributed by atoms with Crippen LogP contribution in [-0.2, 0) is 0 Å². The summed E-state index contributed by atoms with van der Waals surface area (Å²) in [7, 11) is 0. The molecular weight excluding hydrogens is 206 g/mol.